The van der Waals surface area contributed by atoms with E-state index in [-0.39, 0.29) is 16.7 Å². The Kier molecular flexibility index (Phi) is 4.34. The second kappa shape index (κ2) is 5.99. The molecule has 0 radical (unpaired) electrons. The van der Waals surface area contributed by atoms with Crippen molar-refractivity contribution in [3.63, 3.8) is 0 Å². The number of nitro groups is 1. The lowest BCUT2D eigenvalue weighted by Gasteiger charge is -2.28. The van der Waals surface area contributed by atoms with Gasteiger partial charge in [-0.3, -0.25) is 10.1 Å². The van der Waals surface area contributed by atoms with Crippen LogP contribution in [0, 0.1) is 10.1 Å². The molecule has 19 heavy (non-hydrogen) atoms. The number of benzene rings is 1. The van der Waals surface area contributed by atoms with Crippen LogP contribution in [0.1, 0.15) is 12.5 Å². The van der Waals surface area contributed by atoms with Crippen molar-refractivity contribution in [2.45, 2.75) is 19.4 Å². The van der Waals surface area contributed by atoms with Crippen molar-refractivity contribution in [2.75, 3.05) is 31.2 Å². The molecule has 2 N–H and O–H groups in total. The highest BCUT2D eigenvalue weighted by Gasteiger charge is 2.21. The first kappa shape index (κ1) is 13.8. The van der Waals surface area contributed by atoms with Gasteiger partial charge in [0.15, 0.2) is 0 Å². The highest BCUT2D eigenvalue weighted by molar-refractivity contribution is 5.64. The number of rotatable bonds is 4. The van der Waals surface area contributed by atoms with E-state index < -0.39 is 0 Å². The van der Waals surface area contributed by atoms with E-state index in [1.807, 2.05) is 24.0 Å². The van der Waals surface area contributed by atoms with Crippen molar-refractivity contribution in [3.8, 4) is 0 Å². The lowest BCUT2D eigenvalue weighted by Crippen LogP contribution is -2.36. The Hall–Kier alpha value is -1.66. The highest BCUT2D eigenvalue weighted by atomic mass is 16.6. The standard InChI is InChI=1S/C13H19N3O3/c1-10(14)8-11-2-3-12(13(9-11)16(17)18)15-4-6-19-7-5-15/h2-3,9-10H,4-8,14H2,1H3. The largest absolute Gasteiger partial charge is 0.378 e. The second-order valence-corrected chi connectivity index (χ2v) is 4.86. The maximum absolute atomic E-state index is 11.2. The van der Waals surface area contributed by atoms with Crippen LogP contribution in [-0.2, 0) is 11.2 Å². The van der Waals surface area contributed by atoms with Crippen LogP contribution >= 0.6 is 0 Å². The number of nitrogens with two attached hydrogens (primary N) is 1. The number of hydrogen-bond acceptors (Lipinski definition) is 5. The maximum atomic E-state index is 11.2. The molecule has 1 unspecified atom stereocenters. The number of hydrogen-bond donors (Lipinski definition) is 1. The minimum Gasteiger partial charge on any atom is -0.378 e. The van der Waals surface area contributed by atoms with E-state index in [4.69, 9.17) is 10.5 Å². The topological polar surface area (TPSA) is 81.6 Å². The Morgan fingerprint density at radius 1 is 1.47 bits per heavy atom. The molecule has 0 spiro atoms. The van der Waals surface area contributed by atoms with Gasteiger partial charge in [0.2, 0.25) is 0 Å². The van der Waals surface area contributed by atoms with Crippen LogP contribution < -0.4 is 10.6 Å². The molecule has 1 aromatic rings. The van der Waals surface area contributed by atoms with E-state index in [1.165, 1.54) is 0 Å². The first-order chi connectivity index (χ1) is 9.08. The number of nitrogens with zero attached hydrogens (tertiary/aromatic N) is 2. The normalized spacial score (nSPS) is 17.3. The van der Waals surface area contributed by atoms with Gasteiger partial charge >= 0.3 is 0 Å². The zero-order valence-electron chi connectivity index (χ0n) is 11.0. The number of morpholine rings is 1. The van der Waals surface area contributed by atoms with Crippen LogP contribution in [0.25, 0.3) is 0 Å². The fourth-order valence-electron chi connectivity index (χ4n) is 2.29. The molecule has 1 saturated heterocycles. The van der Waals surface area contributed by atoms with Gasteiger partial charge in [-0.25, -0.2) is 0 Å². The van der Waals surface area contributed by atoms with Crippen LogP contribution in [-0.4, -0.2) is 37.3 Å². The van der Waals surface area contributed by atoms with E-state index in [0.29, 0.717) is 38.4 Å². The van der Waals surface area contributed by atoms with Gasteiger partial charge < -0.3 is 15.4 Å². The summed E-state index contributed by atoms with van der Waals surface area (Å²) >= 11 is 0. The molecular weight excluding hydrogens is 246 g/mol. The molecule has 0 amide bonds. The van der Waals surface area contributed by atoms with Crippen LogP contribution in [0.3, 0.4) is 0 Å². The molecule has 1 aliphatic rings. The van der Waals surface area contributed by atoms with E-state index in [2.05, 4.69) is 0 Å². The van der Waals surface area contributed by atoms with Gasteiger partial charge in [-0.15, -0.1) is 0 Å². The second-order valence-electron chi connectivity index (χ2n) is 4.86. The third kappa shape index (κ3) is 3.42. The molecular formula is C13H19N3O3. The summed E-state index contributed by atoms with van der Waals surface area (Å²) in [6.45, 7) is 4.49. The molecule has 1 aliphatic heterocycles. The van der Waals surface area contributed by atoms with Crippen molar-refractivity contribution >= 4 is 11.4 Å². The quantitative estimate of drug-likeness (QED) is 0.656. The van der Waals surface area contributed by atoms with Crippen molar-refractivity contribution in [3.05, 3.63) is 33.9 Å². The van der Waals surface area contributed by atoms with Crippen molar-refractivity contribution < 1.29 is 9.66 Å². The molecule has 0 bridgehead atoms. The smallest absolute Gasteiger partial charge is 0.292 e. The molecule has 1 heterocycles. The number of nitro benzene ring substituents is 1. The number of ether oxygens (including phenoxy) is 1. The molecule has 1 atom stereocenters. The summed E-state index contributed by atoms with van der Waals surface area (Å²) in [6, 6.07) is 5.37. The zero-order chi connectivity index (χ0) is 13.8. The predicted octanol–water partition coefficient (Wildman–Crippen LogP) is 1.32. The maximum Gasteiger partial charge on any atom is 0.292 e. The van der Waals surface area contributed by atoms with Gasteiger partial charge in [0, 0.05) is 25.2 Å². The predicted molar refractivity (Wildman–Crippen MR) is 73.5 cm³/mol. The summed E-state index contributed by atoms with van der Waals surface area (Å²) in [5.41, 5.74) is 7.46. The minimum absolute atomic E-state index is 0.00570. The summed E-state index contributed by atoms with van der Waals surface area (Å²) in [5, 5.41) is 11.2. The average Bonchev–Trinajstić information content (AvgIpc) is 2.39. The van der Waals surface area contributed by atoms with Crippen molar-refractivity contribution in [2.24, 2.45) is 5.73 Å². The molecule has 1 fully saturated rings. The van der Waals surface area contributed by atoms with Crippen molar-refractivity contribution in [1.29, 1.82) is 0 Å². The molecule has 104 valence electrons. The third-order valence-corrected chi connectivity index (χ3v) is 3.15. The third-order valence-electron chi connectivity index (χ3n) is 3.15. The molecule has 0 saturated carbocycles. The van der Waals surface area contributed by atoms with Crippen LogP contribution in [0.2, 0.25) is 0 Å². The number of anilines is 1. The molecule has 2 rings (SSSR count). The zero-order valence-corrected chi connectivity index (χ0v) is 11.0. The Balaban J connectivity index is 2.29. The summed E-state index contributed by atoms with van der Waals surface area (Å²) in [4.78, 5) is 12.9. The van der Waals surface area contributed by atoms with E-state index in [0.717, 1.165) is 5.56 Å². The van der Waals surface area contributed by atoms with Gasteiger partial charge in [-0.1, -0.05) is 6.07 Å². The van der Waals surface area contributed by atoms with Crippen LogP contribution in [0.4, 0.5) is 11.4 Å². The monoisotopic (exact) mass is 265 g/mol. The fourth-order valence-corrected chi connectivity index (χ4v) is 2.29. The Labute approximate surface area is 112 Å². The molecule has 0 aliphatic carbocycles. The average molecular weight is 265 g/mol. The van der Waals surface area contributed by atoms with E-state index in [9.17, 15) is 10.1 Å². The van der Waals surface area contributed by atoms with Gasteiger partial charge in [0.1, 0.15) is 5.69 Å². The fraction of sp³-hybridized carbons (Fsp3) is 0.538. The lowest BCUT2D eigenvalue weighted by molar-refractivity contribution is -0.384. The Morgan fingerprint density at radius 3 is 2.74 bits per heavy atom. The molecule has 0 aromatic heterocycles. The minimum atomic E-state index is -0.324. The first-order valence-electron chi connectivity index (χ1n) is 6.43. The first-order valence-corrected chi connectivity index (χ1v) is 6.43. The van der Waals surface area contributed by atoms with Gasteiger partial charge in [0.05, 0.1) is 18.1 Å². The van der Waals surface area contributed by atoms with E-state index in [1.54, 1.807) is 6.07 Å². The summed E-state index contributed by atoms with van der Waals surface area (Å²) in [7, 11) is 0. The summed E-state index contributed by atoms with van der Waals surface area (Å²) in [6.07, 6.45) is 0.643. The van der Waals surface area contributed by atoms with Gasteiger partial charge in [-0.2, -0.15) is 0 Å². The summed E-state index contributed by atoms with van der Waals surface area (Å²) < 4.78 is 5.27. The highest BCUT2D eigenvalue weighted by Crippen LogP contribution is 2.30. The van der Waals surface area contributed by atoms with Crippen LogP contribution in [0.5, 0.6) is 0 Å². The van der Waals surface area contributed by atoms with Crippen molar-refractivity contribution in [1.82, 2.24) is 0 Å². The van der Waals surface area contributed by atoms with Gasteiger partial charge in [-0.05, 0) is 25.0 Å². The van der Waals surface area contributed by atoms with Crippen LogP contribution in [0.15, 0.2) is 18.2 Å². The Bertz CT molecular complexity index is 456. The molecule has 6 heteroatoms. The van der Waals surface area contributed by atoms with Gasteiger partial charge in [0.25, 0.3) is 5.69 Å². The van der Waals surface area contributed by atoms with E-state index >= 15 is 0 Å². The molecule has 6 nitrogen and oxygen atoms in total. The SMILES string of the molecule is CC(N)Cc1ccc(N2CCOCC2)c([N+](=O)[O-])c1. The summed E-state index contributed by atoms with van der Waals surface area (Å²) in [5.74, 6) is 0. The lowest BCUT2D eigenvalue weighted by atomic mass is 10.1. The Morgan fingerprint density at radius 2 is 2.16 bits per heavy atom. The molecule has 1 aromatic carbocycles.